The van der Waals surface area contributed by atoms with E-state index in [1.54, 1.807) is 6.20 Å². The van der Waals surface area contributed by atoms with Crippen molar-refractivity contribution in [2.45, 2.75) is 58.5 Å². The molecule has 0 amide bonds. The highest BCUT2D eigenvalue weighted by molar-refractivity contribution is 7.89. The summed E-state index contributed by atoms with van der Waals surface area (Å²) in [6, 6.07) is 0. The van der Waals surface area contributed by atoms with Gasteiger partial charge in [0.15, 0.2) is 5.03 Å². The molecule has 0 radical (unpaired) electrons. The molecule has 0 unspecified atom stereocenters. The van der Waals surface area contributed by atoms with Gasteiger partial charge < -0.3 is 4.57 Å². The Bertz CT molecular complexity index is 498. The highest BCUT2D eigenvalue weighted by atomic mass is 32.2. The number of aromatic nitrogens is 2. The van der Waals surface area contributed by atoms with Crippen LogP contribution in [0, 0.1) is 5.41 Å². The third-order valence-corrected chi connectivity index (χ3v) is 3.48. The maximum Gasteiger partial charge on any atom is 0.257 e. The van der Waals surface area contributed by atoms with Crippen molar-refractivity contribution in [2.24, 2.45) is 10.6 Å². The molecule has 1 aromatic heterocycles. The van der Waals surface area contributed by atoms with Crippen LogP contribution in [0.3, 0.4) is 0 Å². The lowest BCUT2D eigenvalue weighted by molar-refractivity contribution is 0.347. The molecule has 0 saturated carbocycles. The van der Waals surface area contributed by atoms with Gasteiger partial charge in [0.1, 0.15) is 5.82 Å². The van der Waals surface area contributed by atoms with Crippen LogP contribution >= 0.6 is 0 Å². The van der Waals surface area contributed by atoms with Crippen LogP contribution in [-0.4, -0.2) is 18.0 Å². The van der Waals surface area contributed by atoms with Crippen LogP contribution in [0.2, 0.25) is 0 Å². The minimum Gasteiger partial charge on any atom is -0.333 e. The van der Waals surface area contributed by atoms with E-state index in [2.05, 4.69) is 25.8 Å². The standard InChI is InChI=1S/C12H23N3O2S/c1-5-6-10-14-11(18(13,16)17)9-15(10)8-7-12(2,3)4/h9H,5-8H2,1-4H3,(H2,13,16,17). The molecule has 0 fully saturated rings. The van der Waals surface area contributed by atoms with Crippen LogP contribution < -0.4 is 5.14 Å². The minimum absolute atomic E-state index is 0.0279. The maximum absolute atomic E-state index is 11.3. The zero-order valence-corrected chi connectivity index (χ0v) is 12.4. The zero-order valence-electron chi connectivity index (χ0n) is 11.6. The number of primary sulfonamides is 1. The van der Waals surface area contributed by atoms with Gasteiger partial charge in [-0.25, -0.2) is 18.5 Å². The first-order valence-corrected chi connectivity index (χ1v) is 7.77. The van der Waals surface area contributed by atoms with Crippen molar-refractivity contribution < 1.29 is 8.42 Å². The number of sulfonamides is 1. The molecule has 1 aromatic rings. The third kappa shape index (κ3) is 4.42. The Balaban J connectivity index is 2.98. The second kappa shape index (κ2) is 5.40. The Hall–Kier alpha value is -0.880. The van der Waals surface area contributed by atoms with Crippen molar-refractivity contribution in [3.63, 3.8) is 0 Å². The summed E-state index contributed by atoms with van der Waals surface area (Å²) in [7, 11) is -3.71. The van der Waals surface area contributed by atoms with Crippen LogP contribution in [0.4, 0.5) is 0 Å². The third-order valence-electron chi connectivity index (χ3n) is 2.70. The molecule has 5 nitrogen and oxygen atoms in total. The summed E-state index contributed by atoms with van der Waals surface area (Å²) in [4.78, 5) is 4.12. The molecular weight excluding hydrogens is 250 g/mol. The van der Waals surface area contributed by atoms with Crippen molar-refractivity contribution in [2.75, 3.05) is 0 Å². The van der Waals surface area contributed by atoms with Gasteiger partial charge >= 0.3 is 0 Å². The van der Waals surface area contributed by atoms with E-state index in [0.29, 0.717) is 0 Å². The molecule has 0 aromatic carbocycles. The van der Waals surface area contributed by atoms with Gasteiger partial charge in [-0.1, -0.05) is 27.7 Å². The largest absolute Gasteiger partial charge is 0.333 e. The molecular formula is C12H23N3O2S. The lowest BCUT2D eigenvalue weighted by atomic mass is 9.92. The predicted octanol–water partition coefficient (Wildman–Crippen LogP) is 1.92. The summed E-state index contributed by atoms with van der Waals surface area (Å²) in [6.45, 7) is 9.28. The topological polar surface area (TPSA) is 78.0 Å². The quantitative estimate of drug-likeness (QED) is 0.890. The predicted molar refractivity (Wildman–Crippen MR) is 71.7 cm³/mol. The van der Waals surface area contributed by atoms with E-state index in [1.807, 2.05) is 11.5 Å². The van der Waals surface area contributed by atoms with E-state index >= 15 is 0 Å². The molecule has 18 heavy (non-hydrogen) atoms. The van der Waals surface area contributed by atoms with Crippen LogP contribution in [-0.2, 0) is 23.0 Å². The van der Waals surface area contributed by atoms with Crippen molar-refractivity contribution in [3.8, 4) is 0 Å². The molecule has 1 rings (SSSR count). The fourth-order valence-electron chi connectivity index (χ4n) is 1.64. The molecule has 0 aliphatic carbocycles. The summed E-state index contributed by atoms with van der Waals surface area (Å²) in [5, 5.41) is 5.09. The summed E-state index contributed by atoms with van der Waals surface area (Å²) in [5.74, 6) is 0.797. The zero-order chi connectivity index (χ0) is 14.0. The summed E-state index contributed by atoms with van der Waals surface area (Å²) >= 11 is 0. The second-order valence-electron chi connectivity index (χ2n) is 5.79. The van der Waals surface area contributed by atoms with Gasteiger partial charge in [0.2, 0.25) is 0 Å². The number of nitrogens with zero attached hydrogens (tertiary/aromatic N) is 2. The Morgan fingerprint density at radius 2 is 2.00 bits per heavy atom. The lowest BCUT2D eigenvalue weighted by Gasteiger charge is -2.18. The van der Waals surface area contributed by atoms with Gasteiger partial charge in [-0.2, -0.15) is 0 Å². The number of nitrogens with two attached hydrogens (primary N) is 1. The summed E-state index contributed by atoms with van der Waals surface area (Å²) < 4.78 is 24.5. The second-order valence-corrected chi connectivity index (χ2v) is 7.30. The van der Waals surface area contributed by atoms with E-state index in [4.69, 9.17) is 5.14 Å². The average Bonchev–Trinajstić information content (AvgIpc) is 2.57. The first-order valence-electron chi connectivity index (χ1n) is 6.22. The fourth-order valence-corrected chi connectivity index (χ4v) is 2.14. The Morgan fingerprint density at radius 3 is 2.44 bits per heavy atom. The SMILES string of the molecule is CCCc1nc(S(N)(=O)=O)cn1CCC(C)(C)C. The molecule has 0 saturated heterocycles. The monoisotopic (exact) mass is 273 g/mol. The van der Waals surface area contributed by atoms with Crippen LogP contribution in [0.1, 0.15) is 46.4 Å². The average molecular weight is 273 g/mol. The molecule has 6 heteroatoms. The number of aryl methyl sites for hydroxylation is 2. The van der Waals surface area contributed by atoms with E-state index < -0.39 is 10.0 Å². The Morgan fingerprint density at radius 1 is 1.39 bits per heavy atom. The molecule has 0 bridgehead atoms. The van der Waals surface area contributed by atoms with Crippen LogP contribution in [0.25, 0.3) is 0 Å². The van der Waals surface area contributed by atoms with E-state index in [0.717, 1.165) is 31.6 Å². The number of rotatable bonds is 5. The molecule has 0 aliphatic heterocycles. The van der Waals surface area contributed by atoms with Crippen molar-refractivity contribution in [1.82, 2.24) is 9.55 Å². The molecule has 1 heterocycles. The molecule has 0 spiro atoms. The highest BCUT2D eigenvalue weighted by Gasteiger charge is 2.17. The highest BCUT2D eigenvalue weighted by Crippen LogP contribution is 2.21. The molecule has 0 atom stereocenters. The van der Waals surface area contributed by atoms with Crippen LogP contribution in [0.15, 0.2) is 11.2 Å². The Kier molecular flexibility index (Phi) is 4.55. The smallest absolute Gasteiger partial charge is 0.257 e. The lowest BCUT2D eigenvalue weighted by Crippen LogP contribution is -2.12. The van der Waals surface area contributed by atoms with Crippen molar-refractivity contribution in [3.05, 3.63) is 12.0 Å². The Labute approximate surface area is 109 Å². The van der Waals surface area contributed by atoms with Crippen molar-refractivity contribution >= 4 is 10.0 Å². The van der Waals surface area contributed by atoms with Gasteiger partial charge in [0, 0.05) is 19.2 Å². The van der Waals surface area contributed by atoms with Gasteiger partial charge in [0.25, 0.3) is 10.0 Å². The van der Waals surface area contributed by atoms with Gasteiger partial charge in [-0.05, 0) is 18.3 Å². The van der Waals surface area contributed by atoms with Crippen molar-refractivity contribution in [1.29, 1.82) is 0 Å². The number of hydrogen-bond acceptors (Lipinski definition) is 3. The summed E-state index contributed by atoms with van der Waals surface area (Å²) in [5.41, 5.74) is 0.204. The van der Waals surface area contributed by atoms with Gasteiger partial charge in [0.05, 0.1) is 0 Å². The fraction of sp³-hybridized carbons (Fsp3) is 0.750. The maximum atomic E-state index is 11.3. The number of hydrogen-bond donors (Lipinski definition) is 1. The minimum atomic E-state index is -3.71. The van der Waals surface area contributed by atoms with Crippen LogP contribution in [0.5, 0.6) is 0 Å². The molecule has 0 aliphatic rings. The van der Waals surface area contributed by atoms with Gasteiger partial charge in [-0.15, -0.1) is 0 Å². The van der Waals surface area contributed by atoms with E-state index in [9.17, 15) is 8.42 Å². The van der Waals surface area contributed by atoms with E-state index in [-0.39, 0.29) is 10.4 Å². The normalized spacial score (nSPS) is 12.9. The first kappa shape index (κ1) is 15.2. The summed E-state index contributed by atoms with van der Waals surface area (Å²) in [6.07, 6.45) is 4.20. The molecule has 104 valence electrons. The first-order chi connectivity index (χ1) is 8.13. The molecule has 2 N–H and O–H groups in total. The van der Waals surface area contributed by atoms with Gasteiger partial charge in [-0.3, -0.25) is 0 Å². The number of imidazole rings is 1. The van der Waals surface area contributed by atoms with E-state index in [1.165, 1.54) is 0 Å².